The predicted octanol–water partition coefficient (Wildman–Crippen LogP) is 5.00. The standard InChI is InChI=1S/C24H22F3N5O/c25-24(26,27)18-12-17(7-8-19(18)33)21-20-22(28)29-13-30-23(20)32(31-21)10-9-14-5-6-15-3-1-2-4-16(15)11-14/h1-4,7-8,12-14,33H,5-6,9-11H2,(H2,28,29,30). The second-order valence-corrected chi connectivity index (χ2v) is 8.43. The van der Waals surface area contributed by atoms with Gasteiger partial charge >= 0.3 is 6.18 Å². The molecule has 0 saturated heterocycles. The third-order valence-corrected chi connectivity index (χ3v) is 6.33. The van der Waals surface area contributed by atoms with Crippen molar-refractivity contribution in [3.8, 4) is 17.0 Å². The number of phenols is 1. The molecule has 0 radical (unpaired) electrons. The van der Waals surface area contributed by atoms with Crippen LogP contribution in [0.5, 0.6) is 5.75 Å². The molecule has 1 atom stereocenters. The molecule has 0 aliphatic heterocycles. The van der Waals surface area contributed by atoms with Gasteiger partial charge in [0.2, 0.25) is 0 Å². The molecule has 170 valence electrons. The Kier molecular flexibility index (Phi) is 5.19. The van der Waals surface area contributed by atoms with E-state index in [0.29, 0.717) is 23.5 Å². The first kappa shape index (κ1) is 21.2. The molecule has 4 aromatic rings. The Bertz CT molecular complexity index is 1330. The number of nitrogens with zero attached hydrogens (tertiary/aromatic N) is 4. The van der Waals surface area contributed by atoms with Gasteiger partial charge in [-0.1, -0.05) is 24.3 Å². The number of rotatable bonds is 4. The number of halogens is 3. The van der Waals surface area contributed by atoms with Crippen LogP contribution in [0.4, 0.5) is 19.0 Å². The minimum Gasteiger partial charge on any atom is -0.507 e. The van der Waals surface area contributed by atoms with Crippen molar-refractivity contribution in [2.45, 2.75) is 38.4 Å². The zero-order valence-corrected chi connectivity index (χ0v) is 17.7. The van der Waals surface area contributed by atoms with Gasteiger partial charge in [0.1, 0.15) is 23.6 Å². The van der Waals surface area contributed by atoms with Gasteiger partial charge in [-0.15, -0.1) is 0 Å². The third kappa shape index (κ3) is 3.99. The minimum atomic E-state index is -4.70. The van der Waals surface area contributed by atoms with E-state index in [-0.39, 0.29) is 17.1 Å². The third-order valence-electron chi connectivity index (χ3n) is 6.33. The molecule has 1 unspecified atom stereocenters. The molecule has 0 bridgehead atoms. The fraction of sp³-hybridized carbons (Fsp3) is 0.292. The summed E-state index contributed by atoms with van der Waals surface area (Å²) in [4.78, 5) is 8.33. The predicted molar refractivity (Wildman–Crippen MR) is 118 cm³/mol. The smallest absolute Gasteiger partial charge is 0.419 e. The largest absolute Gasteiger partial charge is 0.507 e. The molecule has 5 rings (SSSR count). The number of benzene rings is 2. The first-order chi connectivity index (χ1) is 15.8. The van der Waals surface area contributed by atoms with Crippen LogP contribution in [0.15, 0.2) is 48.8 Å². The van der Waals surface area contributed by atoms with Gasteiger partial charge in [0, 0.05) is 12.1 Å². The summed E-state index contributed by atoms with van der Waals surface area (Å²) in [6.45, 7) is 0.560. The second-order valence-electron chi connectivity index (χ2n) is 8.43. The molecule has 0 spiro atoms. The molecule has 9 heteroatoms. The first-order valence-electron chi connectivity index (χ1n) is 10.8. The van der Waals surface area contributed by atoms with Gasteiger partial charge in [-0.05, 0) is 60.9 Å². The van der Waals surface area contributed by atoms with Crippen molar-refractivity contribution in [2.24, 2.45) is 5.92 Å². The molecular weight excluding hydrogens is 431 g/mol. The van der Waals surface area contributed by atoms with Crippen LogP contribution < -0.4 is 5.73 Å². The van der Waals surface area contributed by atoms with Crippen LogP contribution in [0.2, 0.25) is 0 Å². The topological polar surface area (TPSA) is 89.8 Å². The highest BCUT2D eigenvalue weighted by molar-refractivity contribution is 5.98. The summed E-state index contributed by atoms with van der Waals surface area (Å²) in [5.74, 6) is -0.210. The number of nitrogen functional groups attached to an aromatic ring is 1. The Morgan fingerprint density at radius 3 is 2.67 bits per heavy atom. The maximum Gasteiger partial charge on any atom is 0.419 e. The van der Waals surface area contributed by atoms with Gasteiger partial charge < -0.3 is 10.8 Å². The number of phenolic OH excluding ortho intramolecular Hbond substituents is 1. The van der Waals surface area contributed by atoms with Gasteiger partial charge in [-0.3, -0.25) is 0 Å². The molecule has 3 N–H and O–H groups in total. The molecule has 33 heavy (non-hydrogen) atoms. The van der Waals surface area contributed by atoms with Crippen molar-refractivity contribution in [1.82, 2.24) is 19.7 Å². The van der Waals surface area contributed by atoms with Crippen molar-refractivity contribution < 1.29 is 18.3 Å². The Morgan fingerprint density at radius 2 is 1.88 bits per heavy atom. The van der Waals surface area contributed by atoms with Crippen molar-refractivity contribution in [1.29, 1.82) is 0 Å². The van der Waals surface area contributed by atoms with Crippen LogP contribution in [-0.4, -0.2) is 24.9 Å². The average molecular weight is 453 g/mol. The van der Waals surface area contributed by atoms with Crippen LogP contribution in [0.25, 0.3) is 22.3 Å². The van der Waals surface area contributed by atoms with E-state index in [1.807, 2.05) is 0 Å². The molecular formula is C24H22F3N5O. The highest BCUT2D eigenvalue weighted by Crippen LogP contribution is 2.39. The highest BCUT2D eigenvalue weighted by atomic mass is 19.4. The Hall–Kier alpha value is -3.62. The SMILES string of the molecule is Nc1ncnc2c1c(-c1ccc(O)c(C(F)(F)F)c1)nn2CCC1CCc2ccccc2C1. The molecule has 1 aliphatic rings. The Balaban J connectivity index is 1.48. The summed E-state index contributed by atoms with van der Waals surface area (Å²) in [7, 11) is 0. The van der Waals surface area contributed by atoms with Gasteiger partial charge in [-0.2, -0.15) is 18.3 Å². The van der Waals surface area contributed by atoms with Crippen LogP contribution in [-0.2, 0) is 25.6 Å². The van der Waals surface area contributed by atoms with Crippen LogP contribution in [0.3, 0.4) is 0 Å². The number of aryl methyl sites for hydroxylation is 2. The van der Waals surface area contributed by atoms with E-state index in [4.69, 9.17) is 5.73 Å². The number of fused-ring (bicyclic) bond motifs is 2. The van der Waals surface area contributed by atoms with E-state index in [1.54, 1.807) is 4.68 Å². The summed E-state index contributed by atoms with van der Waals surface area (Å²) >= 11 is 0. The Labute approximate surface area is 187 Å². The lowest BCUT2D eigenvalue weighted by molar-refractivity contribution is -0.138. The molecule has 2 heterocycles. The zero-order valence-electron chi connectivity index (χ0n) is 17.7. The molecule has 0 amide bonds. The molecule has 6 nitrogen and oxygen atoms in total. The van der Waals surface area contributed by atoms with Crippen LogP contribution >= 0.6 is 0 Å². The van der Waals surface area contributed by atoms with Gasteiger partial charge in [0.25, 0.3) is 0 Å². The molecule has 2 aromatic heterocycles. The maximum atomic E-state index is 13.3. The summed E-state index contributed by atoms with van der Waals surface area (Å²) in [5, 5.41) is 14.7. The molecule has 0 fully saturated rings. The van der Waals surface area contributed by atoms with Gasteiger partial charge in [-0.25, -0.2) is 14.6 Å². The number of aromatic hydroxyl groups is 1. The fourth-order valence-electron chi connectivity index (χ4n) is 4.62. The highest BCUT2D eigenvalue weighted by Gasteiger charge is 2.34. The number of nitrogens with two attached hydrogens (primary N) is 1. The summed E-state index contributed by atoms with van der Waals surface area (Å²) < 4.78 is 41.7. The number of anilines is 1. The lowest BCUT2D eigenvalue weighted by Crippen LogP contribution is -2.16. The lowest BCUT2D eigenvalue weighted by Gasteiger charge is -2.24. The lowest BCUT2D eigenvalue weighted by atomic mass is 9.82. The van der Waals surface area contributed by atoms with Crippen molar-refractivity contribution in [3.05, 3.63) is 65.5 Å². The van der Waals surface area contributed by atoms with Crippen molar-refractivity contribution in [2.75, 3.05) is 5.73 Å². The second kappa shape index (κ2) is 8.06. The van der Waals surface area contributed by atoms with Gasteiger partial charge in [0.05, 0.1) is 10.9 Å². The van der Waals surface area contributed by atoms with E-state index in [2.05, 4.69) is 39.3 Å². The van der Waals surface area contributed by atoms with E-state index >= 15 is 0 Å². The number of aromatic nitrogens is 4. The van der Waals surface area contributed by atoms with Gasteiger partial charge in [0.15, 0.2) is 5.65 Å². The summed E-state index contributed by atoms with van der Waals surface area (Å²) in [6, 6.07) is 11.7. The molecule has 2 aromatic carbocycles. The number of hydrogen-bond donors (Lipinski definition) is 2. The van der Waals surface area contributed by atoms with E-state index < -0.39 is 17.5 Å². The fourth-order valence-corrected chi connectivity index (χ4v) is 4.62. The number of hydrogen-bond acceptors (Lipinski definition) is 5. The monoisotopic (exact) mass is 453 g/mol. The van der Waals surface area contributed by atoms with Crippen LogP contribution in [0, 0.1) is 5.92 Å². The average Bonchev–Trinajstić information content (AvgIpc) is 3.17. The molecule has 0 saturated carbocycles. The Morgan fingerprint density at radius 1 is 1.09 bits per heavy atom. The normalized spacial score (nSPS) is 16.2. The molecule has 1 aliphatic carbocycles. The minimum absolute atomic E-state index is 0.148. The first-order valence-corrected chi connectivity index (χ1v) is 10.8. The van der Waals surface area contributed by atoms with Crippen molar-refractivity contribution >= 4 is 16.9 Å². The zero-order chi connectivity index (χ0) is 23.2. The van der Waals surface area contributed by atoms with Crippen molar-refractivity contribution in [3.63, 3.8) is 0 Å². The summed E-state index contributed by atoms with van der Waals surface area (Å²) in [6.07, 6.45) is 0.595. The maximum absolute atomic E-state index is 13.3. The van der Waals surface area contributed by atoms with Crippen LogP contribution in [0.1, 0.15) is 29.5 Å². The summed E-state index contributed by atoms with van der Waals surface area (Å²) in [5.41, 5.74) is 8.66. The number of alkyl halides is 3. The van der Waals surface area contributed by atoms with E-state index in [0.717, 1.165) is 37.8 Å². The quantitative estimate of drug-likeness (QED) is 0.454. The van der Waals surface area contributed by atoms with E-state index in [1.165, 1.54) is 23.5 Å². The van der Waals surface area contributed by atoms with E-state index in [9.17, 15) is 18.3 Å².